The Labute approximate surface area is 121 Å². The minimum absolute atomic E-state index is 0.141. The van der Waals surface area contributed by atoms with Crippen molar-refractivity contribution >= 4 is 34.6 Å². The average Bonchev–Trinajstić information content (AvgIpc) is 2.91. The minimum Gasteiger partial charge on any atom is -0.494 e. The van der Waals surface area contributed by atoms with Crippen molar-refractivity contribution in [2.45, 2.75) is 13.3 Å². The number of amides is 1. The molecule has 3 rings (SSSR count). The Morgan fingerprint density at radius 2 is 2.10 bits per heavy atom. The lowest BCUT2D eigenvalue weighted by Crippen LogP contribution is -2.21. The van der Waals surface area contributed by atoms with Crippen LogP contribution in [0.1, 0.15) is 18.9 Å². The average molecular weight is 286 g/mol. The van der Waals surface area contributed by atoms with Crippen LogP contribution < -0.4 is 4.74 Å². The number of aliphatic imine (C=N–C) groups is 2. The summed E-state index contributed by atoms with van der Waals surface area (Å²) < 4.78 is 5.56. The number of hydrogen-bond acceptors (Lipinski definition) is 4. The molecule has 20 heavy (non-hydrogen) atoms. The lowest BCUT2D eigenvalue weighted by atomic mass is 9.94. The third-order valence-corrected chi connectivity index (χ3v) is 4.10. The van der Waals surface area contributed by atoms with Gasteiger partial charge in [0, 0.05) is 0 Å². The van der Waals surface area contributed by atoms with Gasteiger partial charge in [-0.25, -0.2) is 9.98 Å². The molecule has 2 heterocycles. The third-order valence-electron chi connectivity index (χ3n) is 3.14. The molecule has 0 aromatic heterocycles. The van der Waals surface area contributed by atoms with Crippen LogP contribution in [0, 0.1) is 5.92 Å². The Bertz CT molecular complexity index is 617. The zero-order valence-electron chi connectivity index (χ0n) is 11.1. The Hall–Kier alpha value is -1.88. The fourth-order valence-corrected chi connectivity index (χ4v) is 3.14. The van der Waals surface area contributed by atoms with Crippen LogP contribution in [0.3, 0.4) is 0 Å². The van der Waals surface area contributed by atoms with E-state index in [4.69, 9.17) is 4.74 Å². The molecule has 0 spiro atoms. The quantitative estimate of drug-likeness (QED) is 0.854. The molecule has 4 nitrogen and oxygen atoms in total. The van der Waals surface area contributed by atoms with Crippen LogP contribution in [0.4, 0.5) is 0 Å². The topological polar surface area (TPSA) is 51.0 Å². The molecule has 1 amide bonds. The maximum atomic E-state index is 11.9. The van der Waals surface area contributed by atoms with E-state index in [-0.39, 0.29) is 11.8 Å². The highest BCUT2D eigenvalue weighted by Gasteiger charge is 2.35. The van der Waals surface area contributed by atoms with Gasteiger partial charge in [0.05, 0.1) is 11.7 Å². The second-order valence-corrected chi connectivity index (χ2v) is 5.44. The molecule has 0 bridgehead atoms. The van der Waals surface area contributed by atoms with Crippen molar-refractivity contribution in [3.63, 3.8) is 0 Å². The zero-order chi connectivity index (χ0) is 13.9. The maximum absolute atomic E-state index is 11.9. The van der Waals surface area contributed by atoms with E-state index in [0.29, 0.717) is 6.61 Å². The van der Waals surface area contributed by atoms with Gasteiger partial charge in [-0.15, -0.1) is 0 Å². The van der Waals surface area contributed by atoms with Gasteiger partial charge >= 0.3 is 0 Å². The molecule has 1 unspecified atom stereocenters. The van der Waals surface area contributed by atoms with Crippen LogP contribution in [0.5, 0.6) is 5.75 Å². The summed E-state index contributed by atoms with van der Waals surface area (Å²) in [6, 6.07) is 7.82. The molecule has 1 aromatic carbocycles. The molecule has 0 radical (unpaired) electrons. The normalized spacial score (nSPS) is 20.4. The van der Waals surface area contributed by atoms with Gasteiger partial charge in [0.15, 0.2) is 0 Å². The Morgan fingerprint density at radius 3 is 2.85 bits per heavy atom. The molecular formula is C15H14N2O2S. The largest absolute Gasteiger partial charge is 0.494 e. The summed E-state index contributed by atoms with van der Waals surface area (Å²) in [6.45, 7) is 2.79. The number of benzene rings is 1. The van der Waals surface area contributed by atoms with Gasteiger partial charge < -0.3 is 4.74 Å². The second kappa shape index (κ2) is 5.63. The van der Waals surface area contributed by atoms with Gasteiger partial charge in [-0.2, -0.15) is 0 Å². The number of fused-ring (bicyclic) bond motifs is 1. The van der Waals surface area contributed by atoms with Crippen molar-refractivity contribution in [2.24, 2.45) is 15.9 Å². The smallest absolute Gasteiger partial charge is 0.261 e. The van der Waals surface area contributed by atoms with Gasteiger partial charge in [-0.1, -0.05) is 30.8 Å². The first-order valence-corrected chi connectivity index (χ1v) is 7.41. The lowest BCUT2D eigenvalue weighted by molar-refractivity contribution is -0.118. The Kier molecular flexibility index (Phi) is 3.69. The summed E-state index contributed by atoms with van der Waals surface area (Å²) in [5.74, 6) is 0.383. The second-order valence-electron chi connectivity index (χ2n) is 4.55. The van der Waals surface area contributed by atoms with Gasteiger partial charge in [-0.3, -0.25) is 4.79 Å². The van der Waals surface area contributed by atoms with E-state index in [0.717, 1.165) is 28.4 Å². The number of ether oxygens (including phenoxy) is 1. The number of nitrogens with zero attached hydrogens (tertiary/aromatic N) is 2. The predicted molar refractivity (Wildman–Crippen MR) is 82.2 cm³/mol. The first-order valence-electron chi connectivity index (χ1n) is 6.53. The van der Waals surface area contributed by atoms with E-state index in [9.17, 15) is 4.79 Å². The molecule has 2 aliphatic rings. The molecule has 1 aromatic rings. The van der Waals surface area contributed by atoms with Crippen molar-refractivity contribution in [2.75, 3.05) is 6.61 Å². The number of thioether (sulfide) groups is 1. The molecule has 0 saturated heterocycles. The highest BCUT2D eigenvalue weighted by Crippen LogP contribution is 2.39. The van der Waals surface area contributed by atoms with Crippen molar-refractivity contribution in [3.05, 3.63) is 35.2 Å². The first-order chi connectivity index (χ1) is 9.79. The van der Waals surface area contributed by atoms with E-state index in [2.05, 4.69) is 16.9 Å². The Morgan fingerprint density at radius 1 is 1.30 bits per heavy atom. The third kappa shape index (κ3) is 2.41. The van der Waals surface area contributed by atoms with Gasteiger partial charge in [0.1, 0.15) is 18.0 Å². The number of rotatable bonds is 4. The summed E-state index contributed by atoms with van der Waals surface area (Å²) in [7, 11) is 0. The molecule has 102 valence electrons. The predicted octanol–water partition coefficient (Wildman–Crippen LogP) is 3.15. The standard InChI is InChI=1S/C15H14N2O2S/c1-2-7-19-11-5-3-10(4-6-11)12-8-20-15-13(12)14(18)16-9-17-15/h3-6,8-9,13H,2,7H2,1H3. The highest BCUT2D eigenvalue weighted by molar-refractivity contribution is 8.17. The van der Waals surface area contributed by atoms with E-state index in [1.165, 1.54) is 18.1 Å². The molecule has 0 N–H and O–H groups in total. The molecular weight excluding hydrogens is 272 g/mol. The molecule has 2 aliphatic heterocycles. The number of carbonyl (C=O) groups is 1. The molecule has 1 atom stereocenters. The van der Waals surface area contributed by atoms with Crippen molar-refractivity contribution in [1.29, 1.82) is 0 Å². The van der Waals surface area contributed by atoms with Crippen molar-refractivity contribution in [1.82, 2.24) is 0 Å². The van der Waals surface area contributed by atoms with Crippen molar-refractivity contribution in [3.8, 4) is 5.75 Å². The summed E-state index contributed by atoms with van der Waals surface area (Å²) in [6.07, 6.45) is 2.32. The first kappa shape index (κ1) is 13.1. The van der Waals surface area contributed by atoms with E-state index >= 15 is 0 Å². The lowest BCUT2D eigenvalue weighted by Gasteiger charge is -2.14. The summed E-state index contributed by atoms with van der Waals surface area (Å²) in [4.78, 5) is 19.9. The fourth-order valence-electron chi connectivity index (χ4n) is 2.15. The summed E-state index contributed by atoms with van der Waals surface area (Å²) >= 11 is 1.50. The molecule has 5 heteroatoms. The minimum atomic E-state index is -0.326. The monoisotopic (exact) mass is 286 g/mol. The van der Waals surface area contributed by atoms with Crippen LogP contribution in [0.15, 0.2) is 39.7 Å². The van der Waals surface area contributed by atoms with Crippen LogP contribution in [-0.2, 0) is 4.79 Å². The number of carbonyl (C=O) groups excluding carboxylic acids is 1. The molecule has 0 fully saturated rings. The van der Waals surface area contributed by atoms with Gasteiger partial charge in [0.2, 0.25) is 0 Å². The summed E-state index contributed by atoms with van der Waals surface area (Å²) in [5, 5.41) is 2.80. The fraction of sp³-hybridized carbons (Fsp3) is 0.267. The van der Waals surface area contributed by atoms with Crippen LogP contribution in [0.2, 0.25) is 0 Å². The van der Waals surface area contributed by atoms with Crippen LogP contribution >= 0.6 is 11.8 Å². The van der Waals surface area contributed by atoms with E-state index in [1.807, 2.05) is 29.7 Å². The van der Waals surface area contributed by atoms with E-state index in [1.54, 1.807) is 0 Å². The molecule has 0 saturated carbocycles. The van der Waals surface area contributed by atoms with E-state index < -0.39 is 0 Å². The highest BCUT2D eigenvalue weighted by atomic mass is 32.2. The Balaban J connectivity index is 1.81. The van der Waals surface area contributed by atoms with Gasteiger partial charge in [0.25, 0.3) is 5.91 Å². The maximum Gasteiger partial charge on any atom is 0.261 e. The number of hydrogen-bond donors (Lipinski definition) is 0. The van der Waals surface area contributed by atoms with Crippen LogP contribution in [0.25, 0.3) is 5.57 Å². The zero-order valence-corrected chi connectivity index (χ0v) is 11.9. The molecule has 0 aliphatic carbocycles. The SMILES string of the molecule is CCCOc1ccc(C2=CSC3=NC=NC(=O)C23)cc1. The van der Waals surface area contributed by atoms with Gasteiger partial charge in [-0.05, 0) is 35.1 Å². The summed E-state index contributed by atoms with van der Waals surface area (Å²) in [5.41, 5.74) is 1.99. The van der Waals surface area contributed by atoms with Crippen molar-refractivity contribution < 1.29 is 9.53 Å². The van der Waals surface area contributed by atoms with Crippen LogP contribution in [-0.4, -0.2) is 23.9 Å².